The van der Waals surface area contributed by atoms with E-state index in [-0.39, 0.29) is 17.1 Å². The van der Waals surface area contributed by atoms with Crippen molar-refractivity contribution in [3.05, 3.63) is 79.1 Å². The van der Waals surface area contributed by atoms with Crippen molar-refractivity contribution in [2.24, 2.45) is 0 Å². The molecule has 1 amide bonds. The number of rotatable bonds is 3. The molecule has 0 saturated carbocycles. The third-order valence-corrected chi connectivity index (χ3v) is 5.56. The molecule has 0 fully saturated rings. The lowest BCUT2D eigenvalue weighted by atomic mass is 9.98. The van der Waals surface area contributed by atoms with E-state index < -0.39 is 6.04 Å². The molecule has 2 aromatic carbocycles. The third kappa shape index (κ3) is 2.84. The second-order valence-corrected chi connectivity index (χ2v) is 7.57. The first-order valence-electron chi connectivity index (χ1n) is 8.75. The predicted octanol–water partition coefficient (Wildman–Crippen LogP) is 5.36. The maximum absolute atomic E-state index is 13.3. The summed E-state index contributed by atoms with van der Waals surface area (Å²) in [6.07, 6.45) is 0.766. The number of fused-ring (bicyclic) bond motifs is 2. The normalized spacial score (nSPS) is 16.2. The number of benzene rings is 2. The molecule has 0 N–H and O–H groups in total. The lowest BCUT2D eigenvalue weighted by Crippen LogP contribution is -2.30. The van der Waals surface area contributed by atoms with E-state index in [1.54, 1.807) is 29.2 Å². The molecular formula is C21H17Cl2NO3. The minimum atomic E-state index is -0.495. The van der Waals surface area contributed by atoms with E-state index in [0.29, 0.717) is 33.1 Å². The Labute approximate surface area is 166 Å². The minimum absolute atomic E-state index is 0.114. The van der Waals surface area contributed by atoms with Crippen LogP contribution in [0, 0.1) is 6.92 Å². The Morgan fingerprint density at radius 2 is 1.81 bits per heavy atom. The fourth-order valence-electron chi connectivity index (χ4n) is 3.60. The van der Waals surface area contributed by atoms with Gasteiger partial charge < -0.3 is 9.32 Å². The average Bonchev–Trinajstić information content (AvgIpc) is 2.91. The van der Waals surface area contributed by atoms with Crippen LogP contribution in [-0.4, -0.2) is 17.4 Å². The molecule has 4 rings (SSSR count). The van der Waals surface area contributed by atoms with Gasteiger partial charge in [-0.05, 0) is 48.7 Å². The van der Waals surface area contributed by atoms with Gasteiger partial charge in [-0.2, -0.15) is 0 Å². The van der Waals surface area contributed by atoms with Gasteiger partial charge in [-0.1, -0.05) is 42.3 Å². The lowest BCUT2D eigenvalue weighted by molar-refractivity contribution is 0.0728. The molecule has 1 atom stereocenters. The molecule has 0 aliphatic carbocycles. The van der Waals surface area contributed by atoms with E-state index in [1.807, 2.05) is 26.0 Å². The number of carbonyl (C=O) groups excluding carboxylic acids is 1. The first-order valence-corrected chi connectivity index (χ1v) is 9.51. The van der Waals surface area contributed by atoms with Crippen LogP contribution in [0.2, 0.25) is 10.0 Å². The molecule has 27 heavy (non-hydrogen) atoms. The van der Waals surface area contributed by atoms with Crippen molar-refractivity contribution in [1.82, 2.24) is 4.90 Å². The van der Waals surface area contributed by atoms with Crippen LogP contribution in [0.4, 0.5) is 0 Å². The summed E-state index contributed by atoms with van der Waals surface area (Å²) >= 11 is 12.2. The second kappa shape index (κ2) is 6.70. The summed E-state index contributed by atoms with van der Waals surface area (Å²) in [5, 5.41) is 1.47. The van der Waals surface area contributed by atoms with Crippen molar-refractivity contribution < 1.29 is 9.21 Å². The van der Waals surface area contributed by atoms with E-state index >= 15 is 0 Å². The van der Waals surface area contributed by atoms with E-state index in [4.69, 9.17) is 27.6 Å². The van der Waals surface area contributed by atoms with Gasteiger partial charge in [-0.3, -0.25) is 9.59 Å². The monoisotopic (exact) mass is 401 g/mol. The molecule has 0 saturated heterocycles. The molecule has 138 valence electrons. The van der Waals surface area contributed by atoms with E-state index in [0.717, 1.165) is 17.5 Å². The average molecular weight is 402 g/mol. The van der Waals surface area contributed by atoms with Gasteiger partial charge in [0, 0.05) is 16.6 Å². The van der Waals surface area contributed by atoms with Gasteiger partial charge >= 0.3 is 0 Å². The largest absolute Gasteiger partial charge is 0.450 e. The fourth-order valence-corrected chi connectivity index (χ4v) is 3.89. The third-order valence-electron chi connectivity index (χ3n) is 4.90. The Kier molecular flexibility index (Phi) is 4.49. The van der Waals surface area contributed by atoms with E-state index in [1.165, 1.54) is 0 Å². The number of hydrogen-bond acceptors (Lipinski definition) is 3. The van der Waals surface area contributed by atoms with Gasteiger partial charge in [0.1, 0.15) is 5.58 Å². The van der Waals surface area contributed by atoms with Crippen LogP contribution < -0.4 is 5.43 Å². The minimum Gasteiger partial charge on any atom is -0.450 e. The van der Waals surface area contributed by atoms with Crippen molar-refractivity contribution in [3.8, 4) is 0 Å². The zero-order valence-electron chi connectivity index (χ0n) is 14.9. The Morgan fingerprint density at radius 3 is 2.48 bits per heavy atom. The summed E-state index contributed by atoms with van der Waals surface area (Å²) in [4.78, 5) is 28.0. The van der Waals surface area contributed by atoms with Crippen molar-refractivity contribution in [3.63, 3.8) is 0 Å². The highest BCUT2D eigenvalue weighted by atomic mass is 35.5. The molecule has 3 aromatic rings. The number of nitrogens with zero attached hydrogens (tertiary/aromatic N) is 1. The van der Waals surface area contributed by atoms with Gasteiger partial charge in [0.25, 0.3) is 5.91 Å². The van der Waals surface area contributed by atoms with Crippen LogP contribution in [0.25, 0.3) is 11.0 Å². The van der Waals surface area contributed by atoms with Crippen molar-refractivity contribution >= 4 is 40.1 Å². The van der Waals surface area contributed by atoms with Gasteiger partial charge in [0.15, 0.2) is 5.43 Å². The maximum atomic E-state index is 13.3. The van der Waals surface area contributed by atoms with Crippen molar-refractivity contribution in [2.45, 2.75) is 26.3 Å². The highest BCUT2D eigenvalue weighted by Gasteiger charge is 2.42. The molecule has 1 aliphatic rings. The zero-order valence-corrected chi connectivity index (χ0v) is 16.4. The zero-order chi connectivity index (χ0) is 19.3. The summed E-state index contributed by atoms with van der Waals surface area (Å²) in [5.74, 6) is -0.152. The smallest absolute Gasteiger partial charge is 0.290 e. The Morgan fingerprint density at radius 1 is 1.11 bits per heavy atom. The van der Waals surface area contributed by atoms with Gasteiger partial charge in [0.05, 0.1) is 17.0 Å². The number of halogens is 2. The lowest BCUT2D eigenvalue weighted by Gasteiger charge is -2.24. The van der Waals surface area contributed by atoms with Crippen LogP contribution >= 0.6 is 23.2 Å². The first-order chi connectivity index (χ1) is 12.9. The summed E-state index contributed by atoms with van der Waals surface area (Å²) in [6, 6.07) is 10.0. The Bertz CT molecular complexity index is 1120. The van der Waals surface area contributed by atoms with E-state index in [2.05, 4.69) is 0 Å². The highest BCUT2D eigenvalue weighted by Crippen LogP contribution is 2.39. The number of hydrogen-bond donors (Lipinski definition) is 0. The fraction of sp³-hybridized carbons (Fsp3) is 0.238. The molecule has 0 radical (unpaired) electrons. The van der Waals surface area contributed by atoms with Gasteiger partial charge in [-0.15, -0.1) is 0 Å². The predicted molar refractivity (Wildman–Crippen MR) is 107 cm³/mol. The van der Waals surface area contributed by atoms with Crippen LogP contribution in [0.5, 0.6) is 0 Å². The summed E-state index contributed by atoms with van der Waals surface area (Å²) in [7, 11) is 0. The summed E-state index contributed by atoms with van der Waals surface area (Å²) in [6.45, 7) is 4.34. The summed E-state index contributed by atoms with van der Waals surface area (Å²) in [5.41, 5.74) is 2.13. The first kappa shape index (κ1) is 18.1. The summed E-state index contributed by atoms with van der Waals surface area (Å²) < 4.78 is 5.91. The SMILES string of the molecule is CCCN1C(=O)c2oc3cc(C)c(Cl)cc3c(=O)c2C1c1ccc(Cl)cc1. The van der Waals surface area contributed by atoms with Crippen LogP contribution in [0.15, 0.2) is 45.6 Å². The Balaban J connectivity index is 2.02. The molecule has 1 aliphatic heterocycles. The molecule has 0 bridgehead atoms. The second-order valence-electron chi connectivity index (χ2n) is 6.72. The standard InChI is InChI=1S/C21H17Cl2NO3/c1-3-8-24-18(12-4-6-13(22)7-5-12)17-19(25)14-10-15(23)11(2)9-16(14)27-20(17)21(24)26/h4-7,9-10,18H,3,8H2,1-2H3. The molecule has 2 heterocycles. The van der Waals surface area contributed by atoms with Crippen LogP contribution in [0.1, 0.15) is 46.6 Å². The number of aryl methyl sites for hydroxylation is 1. The topological polar surface area (TPSA) is 50.5 Å². The quantitative estimate of drug-likeness (QED) is 0.592. The molecule has 0 spiro atoms. The number of amides is 1. The molecule has 4 nitrogen and oxygen atoms in total. The molecule has 6 heteroatoms. The van der Waals surface area contributed by atoms with Crippen molar-refractivity contribution in [2.75, 3.05) is 6.54 Å². The van der Waals surface area contributed by atoms with Gasteiger partial charge in [0.2, 0.25) is 5.76 Å². The van der Waals surface area contributed by atoms with Gasteiger partial charge in [-0.25, -0.2) is 0 Å². The Hall–Kier alpha value is -2.30. The highest BCUT2D eigenvalue weighted by molar-refractivity contribution is 6.32. The molecule has 1 aromatic heterocycles. The van der Waals surface area contributed by atoms with Crippen LogP contribution in [0.3, 0.4) is 0 Å². The molecular weight excluding hydrogens is 385 g/mol. The van der Waals surface area contributed by atoms with E-state index in [9.17, 15) is 9.59 Å². The molecule has 1 unspecified atom stereocenters. The number of carbonyl (C=O) groups is 1. The van der Waals surface area contributed by atoms with Crippen LogP contribution in [-0.2, 0) is 0 Å². The van der Waals surface area contributed by atoms with Crippen molar-refractivity contribution in [1.29, 1.82) is 0 Å². The maximum Gasteiger partial charge on any atom is 0.290 e.